The molecule has 3 aromatic heterocycles. The van der Waals surface area contributed by atoms with Crippen LogP contribution in [0, 0.1) is 0 Å². The van der Waals surface area contributed by atoms with Crippen LogP contribution in [-0.4, -0.2) is 47.1 Å². The van der Waals surface area contributed by atoms with E-state index in [0.29, 0.717) is 30.8 Å². The second-order valence-corrected chi connectivity index (χ2v) is 9.99. The highest BCUT2D eigenvalue weighted by Gasteiger charge is 2.32. The number of furan rings is 1. The topological polar surface area (TPSA) is 110 Å². The second-order valence-electron chi connectivity index (χ2n) is 7.76. The second kappa shape index (κ2) is 7.73. The first-order valence-corrected chi connectivity index (χ1v) is 12.0. The highest BCUT2D eigenvalue weighted by molar-refractivity contribution is 7.91. The number of nitrogens with zero attached hydrogens (tertiary/aromatic N) is 2. The molecule has 2 N–H and O–H groups in total. The molecule has 4 heterocycles. The smallest absolute Gasteiger partial charge is 0.271 e. The highest BCUT2D eigenvalue weighted by atomic mass is 32.2. The fourth-order valence-corrected chi connectivity index (χ4v) is 5.79. The van der Waals surface area contributed by atoms with Crippen molar-refractivity contribution in [1.82, 2.24) is 20.1 Å². The van der Waals surface area contributed by atoms with Gasteiger partial charge in [0.1, 0.15) is 5.69 Å². The van der Waals surface area contributed by atoms with Crippen LogP contribution < -0.4 is 5.32 Å². The number of hydrogen-bond acceptors (Lipinski definition) is 5. The normalized spacial score (nSPS) is 17.9. The maximum absolute atomic E-state index is 12.8. The zero-order valence-corrected chi connectivity index (χ0v) is 17.6. The Kier molecular flexibility index (Phi) is 4.90. The molecule has 1 amide bonds. The number of aromatic nitrogens is 3. The van der Waals surface area contributed by atoms with Crippen LogP contribution in [0.2, 0.25) is 0 Å². The van der Waals surface area contributed by atoms with Gasteiger partial charge in [-0.25, -0.2) is 8.42 Å². The summed E-state index contributed by atoms with van der Waals surface area (Å²) in [5, 5.41) is 8.51. The number of hydrogen-bond donors (Lipinski definition) is 2. The lowest BCUT2D eigenvalue weighted by Crippen LogP contribution is -2.26. The van der Waals surface area contributed by atoms with Crippen LogP contribution in [-0.2, 0) is 16.3 Å². The number of benzene rings is 1. The Bertz CT molecular complexity index is 1340. The number of sulfone groups is 1. The van der Waals surface area contributed by atoms with Gasteiger partial charge in [-0.15, -0.1) is 0 Å². The van der Waals surface area contributed by atoms with Gasteiger partial charge in [-0.2, -0.15) is 5.10 Å². The van der Waals surface area contributed by atoms with Crippen molar-refractivity contribution in [2.75, 3.05) is 18.1 Å². The van der Waals surface area contributed by atoms with E-state index in [1.54, 1.807) is 29.1 Å². The van der Waals surface area contributed by atoms with Crippen molar-refractivity contribution in [2.45, 2.75) is 18.9 Å². The number of amides is 1. The van der Waals surface area contributed by atoms with Gasteiger partial charge in [0.05, 0.1) is 23.8 Å². The molecule has 160 valence electrons. The summed E-state index contributed by atoms with van der Waals surface area (Å²) < 4.78 is 31.0. The van der Waals surface area contributed by atoms with Gasteiger partial charge in [-0.1, -0.05) is 18.2 Å². The molecule has 1 aliphatic heterocycles. The third-order valence-corrected chi connectivity index (χ3v) is 7.40. The maximum Gasteiger partial charge on any atom is 0.271 e. The van der Waals surface area contributed by atoms with Crippen LogP contribution in [0.15, 0.2) is 59.3 Å². The van der Waals surface area contributed by atoms with Crippen LogP contribution in [0.25, 0.3) is 22.4 Å². The third kappa shape index (κ3) is 3.88. The largest absolute Gasteiger partial charge is 0.463 e. The maximum atomic E-state index is 12.8. The van der Waals surface area contributed by atoms with Gasteiger partial charge in [0.15, 0.2) is 21.3 Å². The molecule has 0 bridgehead atoms. The van der Waals surface area contributed by atoms with Gasteiger partial charge >= 0.3 is 0 Å². The molecule has 0 saturated carbocycles. The minimum absolute atomic E-state index is 0.0179. The van der Waals surface area contributed by atoms with Crippen LogP contribution in [0.1, 0.15) is 28.5 Å². The van der Waals surface area contributed by atoms with Crippen molar-refractivity contribution in [3.8, 4) is 11.5 Å². The molecule has 31 heavy (non-hydrogen) atoms. The van der Waals surface area contributed by atoms with Crippen LogP contribution in [0.5, 0.6) is 0 Å². The van der Waals surface area contributed by atoms with E-state index in [4.69, 9.17) is 4.42 Å². The minimum Gasteiger partial charge on any atom is -0.463 e. The van der Waals surface area contributed by atoms with Crippen LogP contribution >= 0.6 is 0 Å². The standard InChI is InChI=1S/C22H22N4O4S/c27-22(23-9-7-15-13-24-18-5-2-1-4-17(15)18)19-12-20(21-6-3-10-30-21)26(25-19)16-8-11-31(28,29)14-16/h1-6,10,12-13,16,24H,7-9,11,14H2,(H,23,27). The number of fused-ring (bicyclic) bond motifs is 1. The molecule has 0 aliphatic carbocycles. The fourth-order valence-electron chi connectivity index (χ4n) is 4.10. The molecule has 0 spiro atoms. The Morgan fingerprint density at radius 3 is 2.90 bits per heavy atom. The zero-order chi connectivity index (χ0) is 21.4. The zero-order valence-electron chi connectivity index (χ0n) is 16.7. The molecular formula is C22H22N4O4S. The Labute approximate surface area is 179 Å². The monoisotopic (exact) mass is 438 g/mol. The van der Waals surface area contributed by atoms with Gasteiger partial charge in [-0.3, -0.25) is 9.48 Å². The predicted octanol–water partition coefficient (Wildman–Crippen LogP) is 2.96. The average Bonchev–Trinajstić information content (AvgIpc) is 3.53. The first-order chi connectivity index (χ1) is 15.0. The first-order valence-electron chi connectivity index (χ1n) is 10.2. The number of H-pyrrole nitrogens is 1. The summed E-state index contributed by atoms with van der Waals surface area (Å²) in [4.78, 5) is 16.0. The number of carbonyl (C=O) groups excluding carboxylic acids is 1. The van der Waals surface area contributed by atoms with Crippen molar-refractivity contribution in [3.05, 3.63) is 66.2 Å². The van der Waals surface area contributed by atoms with E-state index in [2.05, 4.69) is 21.5 Å². The minimum atomic E-state index is -3.09. The van der Waals surface area contributed by atoms with E-state index in [0.717, 1.165) is 16.5 Å². The van der Waals surface area contributed by atoms with E-state index in [9.17, 15) is 13.2 Å². The Morgan fingerprint density at radius 1 is 1.26 bits per heavy atom. The molecule has 1 saturated heterocycles. The summed E-state index contributed by atoms with van der Waals surface area (Å²) in [6.45, 7) is 0.460. The summed E-state index contributed by atoms with van der Waals surface area (Å²) in [6.07, 6.45) is 4.65. The van der Waals surface area contributed by atoms with Crippen molar-refractivity contribution in [3.63, 3.8) is 0 Å². The molecule has 8 nitrogen and oxygen atoms in total. The van der Waals surface area contributed by atoms with Crippen molar-refractivity contribution < 1.29 is 17.6 Å². The van der Waals surface area contributed by atoms with E-state index >= 15 is 0 Å². The van der Waals surface area contributed by atoms with Gasteiger partial charge in [-0.05, 0) is 36.6 Å². The summed E-state index contributed by atoms with van der Waals surface area (Å²) in [5.74, 6) is 0.396. The molecule has 1 aliphatic rings. The van der Waals surface area contributed by atoms with Gasteiger partial charge < -0.3 is 14.7 Å². The molecule has 9 heteroatoms. The van der Waals surface area contributed by atoms with Gasteiger partial charge in [0.25, 0.3) is 5.91 Å². The molecule has 1 fully saturated rings. The summed E-state index contributed by atoms with van der Waals surface area (Å²) in [6, 6.07) is 12.9. The number of nitrogens with one attached hydrogen (secondary N) is 2. The Balaban J connectivity index is 1.33. The van der Waals surface area contributed by atoms with Gasteiger partial charge in [0.2, 0.25) is 0 Å². The number of carbonyl (C=O) groups is 1. The lowest BCUT2D eigenvalue weighted by molar-refractivity contribution is 0.0948. The van der Waals surface area contributed by atoms with E-state index in [-0.39, 0.29) is 29.1 Å². The number of rotatable bonds is 6. The summed E-state index contributed by atoms with van der Waals surface area (Å²) in [7, 11) is -3.09. The predicted molar refractivity (Wildman–Crippen MR) is 117 cm³/mol. The molecular weight excluding hydrogens is 416 g/mol. The van der Waals surface area contributed by atoms with E-state index in [1.165, 1.54) is 0 Å². The highest BCUT2D eigenvalue weighted by Crippen LogP contribution is 2.30. The van der Waals surface area contributed by atoms with Crippen LogP contribution in [0.3, 0.4) is 0 Å². The molecule has 4 aromatic rings. The van der Waals surface area contributed by atoms with Crippen LogP contribution in [0.4, 0.5) is 0 Å². The third-order valence-electron chi connectivity index (χ3n) is 5.65. The molecule has 0 radical (unpaired) electrons. The summed E-state index contributed by atoms with van der Waals surface area (Å²) in [5.41, 5.74) is 3.05. The molecule has 1 unspecified atom stereocenters. The number of aromatic amines is 1. The fraction of sp³-hybridized carbons (Fsp3) is 0.273. The van der Waals surface area contributed by atoms with Crippen molar-refractivity contribution in [1.29, 1.82) is 0 Å². The molecule has 1 aromatic carbocycles. The molecule has 5 rings (SSSR count). The average molecular weight is 439 g/mol. The SMILES string of the molecule is O=C(NCCc1c[nH]c2ccccc12)c1cc(-c2ccco2)n(C2CCS(=O)(=O)C2)n1. The number of para-hydroxylation sites is 1. The van der Waals surface area contributed by atoms with Crippen molar-refractivity contribution in [2.24, 2.45) is 0 Å². The Morgan fingerprint density at radius 2 is 2.13 bits per heavy atom. The van der Waals surface area contributed by atoms with Gasteiger partial charge in [0, 0.05) is 29.7 Å². The lowest BCUT2D eigenvalue weighted by Gasteiger charge is -2.11. The molecule has 1 atom stereocenters. The summed E-state index contributed by atoms with van der Waals surface area (Å²) >= 11 is 0. The van der Waals surface area contributed by atoms with E-state index in [1.807, 2.05) is 24.4 Å². The van der Waals surface area contributed by atoms with Crippen molar-refractivity contribution >= 4 is 26.6 Å². The lowest BCUT2D eigenvalue weighted by atomic mass is 10.1. The Hall–Kier alpha value is -3.33. The first kappa shape index (κ1) is 19.6. The quantitative estimate of drug-likeness (QED) is 0.481. The van der Waals surface area contributed by atoms with E-state index < -0.39 is 9.84 Å².